The van der Waals surface area contributed by atoms with E-state index in [-0.39, 0.29) is 6.61 Å². The summed E-state index contributed by atoms with van der Waals surface area (Å²) in [6.07, 6.45) is 3.05. The first-order valence-corrected chi connectivity index (χ1v) is 8.63. The SMILES string of the molecule is CCn1cc(CN2CCN(CC(C)C)[C@H](CCO)C2)c(C)n1. The standard InChI is InChI=1S/C17H32N4O/c1-5-21-12-16(15(4)18-21)11-19-7-8-20(10-14(2)3)17(13-19)6-9-22/h12,14,17,22H,5-11,13H2,1-4H3/t17-/m1/s1. The van der Waals surface area contributed by atoms with Crippen LogP contribution in [0, 0.1) is 12.8 Å². The minimum absolute atomic E-state index is 0.278. The average Bonchev–Trinajstić information content (AvgIpc) is 2.82. The maximum atomic E-state index is 9.37. The molecule has 1 aliphatic rings. The summed E-state index contributed by atoms with van der Waals surface area (Å²) in [5.41, 5.74) is 2.48. The van der Waals surface area contributed by atoms with Gasteiger partial charge in [0.05, 0.1) is 5.69 Å². The molecule has 5 nitrogen and oxygen atoms in total. The molecule has 5 heteroatoms. The summed E-state index contributed by atoms with van der Waals surface area (Å²) in [5, 5.41) is 13.9. The Morgan fingerprint density at radius 1 is 1.36 bits per heavy atom. The number of piperazine rings is 1. The van der Waals surface area contributed by atoms with Gasteiger partial charge in [0.25, 0.3) is 0 Å². The van der Waals surface area contributed by atoms with E-state index in [9.17, 15) is 5.11 Å². The van der Waals surface area contributed by atoms with Crippen molar-refractivity contribution in [1.29, 1.82) is 0 Å². The highest BCUT2D eigenvalue weighted by Gasteiger charge is 2.27. The van der Waals surface area contributed by atoms with Crippen LogP contribution in [-0.4, -0.2) is 63.5 Å². The van der Waals surface area contributed by atoms with E-state index < -0.39 is 0 Å². The number of aliphatic hydroxyl groups excluding tert-OH is 1. The Balaban J connectivity index is 1.97. The van der Waals surface area contributed by atoms with Crippen LogP contribution in [0.3, 0.4) is 0 Å². The zero-order valence-electron chi connectivity index (χ0n) is 14.6. The van der Waals surface area contributed by atoms with Gasteiger partial charge < -0.3 is 5.11 Å². The van der Waals surface area contributed by atoms with Crippen molar-refractivity contribution in [3.8, 4) is 0 Å². The van der Waals surface area contributed by atoms with Gasteiger partial charge in [-0.1, -0.05) is 13.8 Å². The van der Waals surface area contributed by atoms with Gasteiger partial charge >= 0.3 is 0 Å². The lowest BCUT2D eigenvalue weighted by atomic mass is 10.1. The Kier molecular flexibility index (Phi) is 6.41. The number of hydrogen-bond donors (Lipinski definition) is 1. The van der Waals surface area contributed by atoms with Crippen LogP contribution in [0.25, 0.3) is 0 Å². The molecule has 2 rings (SSSR count). The molecule has 22 heavy (non-hydrogen) atoms. The summed E-state index contributed by atoms with van der Waals surface area (Å²) in [4.78, 5) is 5.07. The first-order chi connectivity index (χ1) is 10.5. The monoisotopic (exact) mass is 308 g/mol. The van der Waals surface area contributed by atoms with Crippen molar-refractivity contribution in [3.05, 3.63) is 17.5 Å². The molecule has 2 heterocycles. The fourth-order valence-corrected chi connectivity index (χ4v) is 3.35. The lowest BCUT2D eigenvalue weighted by molar-refractivity contribution is 0.0476. The highest BCUT2D eigenvalue weighted by Crippen LogP contribution is 2.18. The predicted octanol–water partition coefficient (Wildman–Crippen LogP) is 1.74. The molecule has 1 aromatic heterocycles. The molecule has 0 bridgehead atoms. The highest BCUT2D eigenvalue weighted by atomic mass is 16.3. The Morgan fingerprint density at radius 2 is 2.14 bits per heavy atom. The van der Waals surface area contributed by atoms with E-state index in [2.05, 4.69) is 48.8 Å². The van der Waals surface area contributed by atoms with Crippen molar-refractivity contribution in [3.63, 3.8) is 0 Å². The summed E-state index contributed by atoms with van der Waals surface area (Å²) in [6.45, 7) is 15.3. The second-order valence-electron chi connectivity index (χ2n) is 6.89. The van der Waals surface area contributed by atoms with E-state index >= 15 is 0 Å². The van der Waals surface area contributed by atoms with Crippen molar-refractivity contribution in [1.82, 2.24) is 19.6 Å². The number of aryl methyl sites for hydroxylation is 2. The number of rotatable bonds is 7. The zero-order valence-corrected chi connectivity index (χ0v) is 14.6. The summed E-state index contributed by atoms with van der Waals surface area (Å²) in [5.74, 6) is 0.678. The Labute approximate surface area is 134 Å². The van der Waals surface area contributed by atoms with Crippen molar-refractivity contribution in [2.75, 3.05) is 32.8 Å². The number of aliphatic hydroxyl groups is 1. The maximum Gasteiger partial charge on any atom is 0.0638 e. The smallest absolute Gasteiger partial charge is 0.0638 e. The van der Waals surface area contributed by atoms with Crippen LogP contribution in [0.2, 0.25) is 0 Å². The molecule has 1 N–H and O–H groups in total. The lowest BCUT2D eigenvalue weighted by Gasteiger charge is -2.42. The van der Waals surface area contributed by atoms with Crippen LogP contribution in [0.15, 0.2) is 6.20 Å². The normalized spacial score (nSPS) is 20.9. The molecule has 0 aromatic carbocycles. The highest BCUT2D eigenvalue weighted by molar-refractivity contribution is 5.15. The molecule has 126 valence electrons. The molecule has 0 radical (unpaired) electrons. The van der Waals surface area contributed by atoms with E-state index in [0.717, 1.165) is 51.4 Å². The first-order valence-electron chi connectivity index (χ1n) is 8.63. The van der Waals surface area contributed by atoms with Gasteiger partial charge in [-0.2, -0.15) is 5.10 Å². The van der Waals surface area contributed by atoms with E-state index in [1.807, 2.05) is 4.68 Å². The van der Waals surface area contributed by atoms with Gasteiger partial charge in [0.15, 0.2) is 0 Å². The fraction of sp³-hybridized carbons (Fsp3) is 0.824. The van der Waals surface area contributed by atoms with Crippen molar-refractivity contribution in [2.45, 2.75) is 53.2 Å². The maximum absolute atomic E-state index is 9.37. The molecule has 1 aliphatic heterocycles. The van der Waals surface area contributed by atoms with Crippen LogP contribution >= 0.6 is 0 Å². The van der Waals surface area contributed by atoms with Crippen molar-refractivity contribution >= 4 is 0 Å². The minimum atomic E-state index is 0.278. The topological polar surface area (TPSA) is 44.5 Å². The minimum Gasteiger partial charge on any atom is -0.396 e. The van der Waals surface area contributed by atoms with E-state index in [1.165, 1.54) is 5.56 Å². The van der Waals surface area contributed by atoms with E-state index in [0.29, 0.717) is 12.0 Å². The summed E-state index contributed by atoms with van der Waals surface area (Å²) >= 11 is 0. The molecule has 0 saturated carbocycles. The largest absolute Gasteiger partial charge is 0.396 e. The third-order valence-electron chi connectivity index (χ3n) is 4.52. The summed E-state index contributed by atoms with van der Waals surface area (Å²) in [6, 6.07) is 0.475. The van der Waals surface area contributed by atoms with Crippen molar-refractivity contribution < 1.29 is 5.11 Å². The Hall–Kier alpha value is -0.910. The molecule has 1 aromatic rings. The van der Waals surface area contributed by atoms with Crippen LogP contribution < -0.4 is 0 Å². The number of nitrogens with zero attached hydrogens (tertiary/aromatic N) is 4. The third-order valence-corrected chi connectivity index (χ3v) is 4.52. The zero-order chi connectivity index (χ0) is 16.1. The predicted molar refractivity (Wildman–Crippen MR) is 89.8 cm³/mol. The Morgan fingerprint density at radius 3 is 2.73 bits per heavy atom. The first kappa shape index (κ1) is 17.4. The second-order valence-corrected chi connectivity index (χ2v) is 6.89. The molecule has 1 fully saturated rings. The van der Waals surface area contributed by atoms with Crippen LogP contribution in [-0.2, 0) is 13.1 Å². The lowest BCUT2D eigenvalue weighted by Crippen LogP contribution is -2.53. The fourth-order valence-electron chi connectivity index (χ4n) is 3.35. The molecule has 0 amide bonds. The quantitative estimate of drug-likeness (QED) is 0.833. The average molecular weight is 308 g/mol. The molecule has 1 atom stereocenters. The summed E-state index contributed by atoms with van der Waals surface area (Å²) in [7, 11) is 0. The summed E-state index contributed by atoms with van der Waals surface area (Å²) < 4.78 is 2.02. The number of hydrogen-bond acceptors (Lipinski definition) is 4. The van der Waals surface area contributed by atoms with Gasteiger partial charge in [0.2, 0.25) is 0 Å². The van der Waals surface area contributed by atoms with Gasteiger partial charge in [0.1, 0.15) is 0 Å². The second kappa shape index (κ2) is 8.09. The van der Waals surface area contributed by atoms with Crippen LogP contribution in [0.4, 0.5) is 0 Å². The van der Waals surface area contributed by atoms with Gasteiger partial charge in [-0.05, 0) is 26.2 Å². The van der Waals surface area contributed by atoms with Gasteiger partial charge in [-0.25, -0.2) is 0 Å². The third kappa shape index (κ3) is 4.54. The van der Waals surface area contributed by atoms with E-state index in [4.69, 9.17) is 0 Å². The van der Waals surface area contributed by atoms with Crippen LogP contribution in [0.5, 0.6) is 0 Å². The molecule has 0 spiro atoms. The molecular formula is C17H32N4O. The van der Waals surface area contributed by atoms with Gasteiger partial charge in [0, 0.05) is 63.7 Å². The van der Waals surface area contributed by atoms with Gasteiger partial charge in [-0.3, -0.25) is 14.5 Å². The van der Waals surface area contributed by atoms with Gasteiger partial charge in [-0.15, -0.1) is 0 Å². The molecular weight excluding hydrogens is 276 g/mol. The van der Waals surface area contributed by atoms with E-state index in [1.54, 1.807) is 0 Å². The molecule has 0 aliphatic carbocycles. The Bertz CT molecular complexity index is 458. The van der Waals surface area contributed by atoms with Crippen LogP contribution in [0.1, 0.15) is 38.4 Å². The van der Waals surface area contributed by atoms with Crippen molar-refractivity contribution in [2.24, 2.45) is 5.92 Å². The number of aromatic nitrogens is 2. The molecule has 1 saturated heterocycles. The molecule has 0 unspecified atom stereocenters.